The number of rotatable bonds is 6. The van der Waals surface area contributed by atoms with Gasteiger partial charge >= 0.3 is 6.09 Å². The van der Waals surface area contributed by atoms with Crippen molar-refractivity contribution in [2.24, 2.45) is 0 Å². The third kappa shape index (κ3) is 4.49. The van der Waals surface area contributed by atoms with Crippen molar-refractivity contribution < 1.29 is 19.4 Å². The fraction of sp³-hybridized carbons (Fsp3) is 0.235. The number of aliphatic hydroxyl groups is 1. The minimum absolute atomic E-state index is 0.188. The van der Waals surface area contributed by atoms with Gasteiger partial charge in [-0.05, 0) is 23.3 Å². The van der Waals surface area contributed by atoms with Gasteiger partial charge in [0.1, 0.15) is 12.4 Å². The normalized spacial score (nSPS) is 11.5. The second kappa shape index (κ2) is 8.05. The number of carbonyl (C=O) groups excluding carboxylic acids is 1. The molecular weight excluding hydrogens is 282 g/mol. The molecule has 1 atom stereocenters. The summed E-state index contributed by atoms with van der Waals surface area (Å²) in [6.45, 7) is -0.0276. The lowest BCUT2D eigenvalue weighted by molar-refractivity contribution is 0.129. The van der Waals surface area contributed by atoms with Gasteiger partial charge in [0.25, 0.3) is 0 Å². The molecule has 5 nitrogen and oxygen atoms in total. The highest BCUT2D eigenvalue weighted by Gasteiger charge is 2.14. The molecule has 0 aromatic heterocycles. The summed E-state index contributed by atoms with van der Waals surface area (Å²) in [5.41, 5.74) is 1.68. The smallest absolute Gasteiger partial charge is 0.408 e. The highest BCUT2D eigenvalue weighted by atomic mass is 16.5. The maximum absolute atomic E-state index is 11.8. The molecule has 0 aliphatic rings. The van der Waals surface area contributed by atoms with E-state index >= 15 is 0 Å². The molecule has 0 aliphatic carbocycles. The van der Waals surface area contributed by atoms with Crippen molar-refractivity contribution in [3.8, 4) is 5.75 Å². The predicted molar refractivity (Wildman–Crippen MR) is 82.6 cm³/mol. The number of methoxy groups -OCH3 is 1. The van der Waals surface area contributed by atoms with Crippen molar-refractivity contribution in [2.75, 3.05) is 13.7 Å². The molecule has 0 saturated carbocycles. The van der Waals surface area contributed by atoms with Gasteiger partial charge in [-0.1, -0.05) is 42.5 Å². The van der Waals surface area contributed by atoms with Crippen LogP contribution in [0.3, 0.4) is 0 Å². The first kappa shape index (κ1) is 15.9. The van der Waals surface area contributed by atoms with E-state index in [-0.39, 0.29) is 13.2 Å². The molecule has 0 unspecified atom stereocenters. The number of amides is 1. The Hall–Kier alpha value is -2.53. The SMILES string of the molecule is COc1ccc([C@@H](CO)NC(=O)OCc2ccccc2)cc1. The third-order valence-electron chi connectivity index (χ3n) is 3.21. The molecule has 2 rings (SSSR count). The quantitative estimate of drug-likeness (QED) is 0.860. The lowest BCUT2D eigenvalue weighted by Gasteiger charge is -2.17. The largest absolute Gasteiger partial charge is 0.497 e. The molecule has 0 saturated heterocycles. The Morgan fingerprint density at radius 2 is 1.82 bits per heavy atom. The summed E-state index contributed by atoms with van der Waals surface area (Å²) in [7, 11) is 1.58. The van der Waals surface area contributed by atoms with Gasteiger partial charge in [0.15, 0.2) is 0 Å². The number of ether oxygens (including phenoxy) is 2. The van der Waals surface area contributed by atoms with Crippen LogP contribution in [0.15, 0.2) is 54.6 Å². The fourth-order valence-electron chi connectivity index (χ4n) is 1.98. The van der Waals surface area contributed by atoms with E-state index < -0.39 is 12.1 Å². The van der Waals surface area contributed by atoms with E-state index in [1.165, 1.54) is 0 Å². The van der Waals surface area contributed by atoms with Gasteiger partial charge < -0.3 is 19.9 Å². The van der Waals surface area contributed by atoms with Crippen LogP contribution in [-0.4, -0.2) is 24.9 Å². The van der Waals surface area contributed by atoms with Crippen LogP contribution in [0, 0.1) is 0 Å². The summed E-state index contributed by atoms with van der Waals surface area (Å²) in [6.07, 6.45) is -0.571. The summed E-state index contributed by atoms with van der Waals surface area (Å²) in [4.78, 5) is 11.8. The van der Waals surface area contributed by atoms with E-state index in [4.69, 9.17) is 9.47 Å². The highest BCUT2D eigenvalue weighted by molar-refractivity contribution is 5.68. The summed E-state index contributed by atoms with van der Waals surface area (Å²) in [5, 5.41) is 12.1. The average Bonchev–Trinajstić information content (AvgIpc) is 2.59. The van der Waals surface area contributed by atoms with Gasteiger partial charge in [0.2, 0.25) is 0 Å². The molecule has 2 N–H and O–H groups in total. The van der Waals surface area contributed by atoms with Crippen LogP contribution in [0.25, 0.3) is 0 Å². The number of hydrogen-bond donors (Lipinski definition) is 2. The molecule has 2 aromatic rings. The standard InChI is InChI=1S/C17H19NO4/c1-21-15-9-7-14(8-10-15)16(11-19)18-17(20)22-12-13-5-3-2-4-6-13/h2-10,16,19H,11-12H2,1H3,(H,18,20)/t16-/m1/s1. The van der Waals surface area contributed by atoms with Crippen LogP contribution in [-0.2, 0) is 11.3 Å². The Labute approximate surface area is 129 Å². The minimum Gasteiger partial charge on any atom is -0.497 e. The van der Waals surface area contributed by atoms with Crippen molar-refractivity contribution in [1.29, 1.82) is 0 Å². The first-order chi connectivity index (χ1) is 10.7. The van der Waals surface area contributed by atoms with Crippen molar-refractivity contribution >= 4 is 6.09 Å². The zero-order chi connectivity index (χ0) is 15.8. The molecule has 0 fully saturated rings. The number of alkyl carbamates (subject to hydrolysis) is 1. The number of nitrogens with one attached hydrogen (secondary N) is 1. The molecule has 0 heterocycles. The summed E-state index contributed by atoms with van der Waals surface area (Å²) < 4.78 is 10.2. The monoisotopic (exact) mass is 301 g/mol. The van der Waals surface area contributed by atoms with Crippen molar-refractivity contribution in [3.63, 3.8) is 0 Å². The zero-order valence-corrected chi connectivity index (χ0v) is 12.4. The van der Waals surface area contributed by atoms with Crippen molar-refractivity contribution in [2.45, 2.75) is 12.6 Å². The fourth-order valence-corrected chi connectivity index (χ4v) is 1.98. The van der Waals surface area contributed by atoms with E-state index in [9.17, 15) is 9.90 Å². The second-order valence-electron chi connectivity index (χ2n) is 4.71. The first-order valence-electron chi connectivity index (χ1n) is 6.95. The molecule has 5 heteroatoms. The number of aliphatic hydroxyl groups excluding tert-OH is 1. The molecule has 1 amide bonds. The molecule has 0 aliphatic heterocycles. The average molecular weight is 301 g/mol. The lowest BCUT2D eigenvalue weighted by atomic mass is 10.1. The maximum Gasteiger partial charge on any atom is 0.408 e. The number of hydrogen-bond acceptors (Lipinski definition) is 4. The molecule has 0 spiro atoms. The van der Waals surface area contributed by atoms with Crippen LogP contribution in [0.5, 0.6) is 5.75 Å². The Morgan fingerprint density at radius 1 is 1.14 bits per heavy atom. The Kier molecular flexibility index (Phi) is 5.80. The molecule has 116 valence electrons. The summed E-state index contributed by atoms with van der Waals surface area (Å²) >= 11 is 0. The Morgan fingerprint density at radius 3 is 2.41 bits per heavy atom. The Balaban J connectivity index is 1.90. The van der Waals surface area contributed by atoms with Crippen LogP contribution in [0.2, 0.25) is 0 Å². The van der Waals surface area contributed by atoms with Crippen LogP contribution in [0.1, 0.15) is 17.2 Å². The summed E-state index contributed by atoms with van der Waals surface area (Å²) in [6, 6.07) is 16.0. The molecule has 22 heavy (non-hydrogen) atoms. The topological polar surface area (TPSA) is 67.8 Å². The van der Waals surface area contributed by atoms with Gasteiger partial charge in [0.05, 0.1) is 19.8 Å². The van der Waals surface area contributed by atoms with Crippen LogP contribution < -0.4 is 10.1 Å². The van der Waals surface area contributed by atoms with Gasteiger partial charge in [-0.3, -0.25) is 0 Å². The van der Waals surface area contributed by atoms with E-state index in [1.54, 1.807) is 31.4 Å². The van der Waals surface area contributed by atoms with Crippen LogP contribution in [0.4, 0.5) is 4.79 Å². The Bertz CT molecular complexity index is 583. The van der Waals surface area contributed by atoms with Gasteiger partial charge in [-0.15, -0.1) is 0 Å². The minimum atomic E-state index is -0.571. The van der Waals surface area contributed by atoms with Crippen LogP contribution >= 0.6 is 0 Å². The number of carbonyl (C=O) groups is 1. The summed E-state index contributed by atoms with van der Waals surface area (Å²) in [5.74, 6) is 0.715. The molecule has 2 aromatic carbocycles. The molecule has 0 bridgehead atoms. The van der Waals surface area contributed by atoms with E-state index in [0.717, 1.165) is 11.1 Å². The molecule has 0 radical (unpaired) electrons. The van der Waals surface area contributed by atoms with Gasteiger partial charge in [0, 0.05) is 0 Å². The van der Waals surface area contributed by atoms with E-state index in [0.29, 0.717) is 5.75 Å². The highest BCUT2D eigenvalue weighted by Crippen LogP contribution is 2.17. The predicted octanol–water partition coefficient (Wildman–Crippen LogP) is 2.66. The van der Waals surface area contributed by atoms with E-state index in [1.807, 2.05) is 30.3 Å². The zero-order valence-electron chi connectivity index (χ0n) is 12.4. The van der Waals surface area contributed by atoms with Crippen molar-refractivity contribution in [3.05, 3.63) is 65.7 Å². The number of benzene rings is 2. The van der Waals surface area contributed by atoms with E-state index in [2.05, 4.69) is 5.32 Å². The maximum atomic E-state index is 11.8. The third-order valence-corrected chi connectivity index (χ3v) is 3.21. The van der Waals surface area contributed by atoms with Crippen molar-refractivity contribution in [1.82, 2.24) is 5.32 Å². The molecular formula is C17H19NO4. The first-order valence-corrected chi connectivity index (χ1v) is 6.95. The second-order valence-corrected chi connectivity index (χ2v) is 4.71. The lowest BCUT2D eigenvalue weighted by Crippen LogP contribution is -2.31. The van der Waals surface area contributed by atoms with Gasteiger partial charge in [-0.2, -0.15) is 0 Å². The van der Waals surface area contributed by atoms with Gasteiger partial charge in [-0.25, -0.2) is 4.79 Å².